The van der Waals surface area contributed by atoms with Gasteiger partial charge in [0.1, 0.15) is 17.7 Å². The van der Waals surface area contributed by atoms with Gasteiger partial charge in [0.15, 0.2) is 0 Å². The molecule has 1 N–H and O–H groups in total. The first-order chi connectivity index (χ1) is 7.51. The SMILES string of the molecule is COc1cc(C(O)N(C)C)c(OC)cc1C. The van der Waals surface area contributed by atoms with E-state index < -0.39 is 6.23 Å². The van der Waals surface area contributed by atoms with Crippen LogP contribution >= 0.6 is 0 Å². The van der Waals surface area contributed by atoms with Gasteiger partial charge in [-0.2, -0.15) is 0 Å². The van der Waals surface area contributed by atoms with Crippen LogP contribution in [-0.4, -0.2) is 38.3 Å². The Bertz CT molecular complexity index is 364. The highest BCUT2D eigenvalue weighted by Gasteiger charge is 2.17. The number of nitrogens with zero attached hydrogens (tertiary/aromatic N) is 1. The molecule has 0 bridgehead atoms. The lowest BCUT2D eigenvalue weighted by Gasteiger charge is -2.22. The quantitative estimate of drug-likeness (QED) is 0.790. The van der Waals surface area contributed by atoms with Gasteiger partial charge < -0.3 is 14.6 Å². The smallest absolute Gasteiger partial charge is 0.136 e. The van der Waals surface area contributed by atoms with Gasteiger partial charge >= 0.3 is 0 Å². The molecule has 4 heteroatoms. The van der Waals surface area contributed by atoms with Gasteiger partial charge in [0, 0.05) is 5.56 Å². The van der Waals surface area contributed by atoms with Crippen molar-refractivity contribution in [1.29, 1.82) is 0 Å². The summed E-state index contributed by atoms with van der Waals surface area (Å²) >= 11 is 0. The highest BCUT2D eigenvalue weighted by atomic mass is 16.5. The van der Waals surface area contributed by atoms with E-state index >= 15 is 0 Å². The molecule has 1 aromatic rings. The number of benzene rings is 1. The molecule has 0 heterocycles. The summed E-state index contributed by atoms with van der Waals surface area (Å²) in [5.41, 5.74) is 1.68. The second kappa shape index (κ2) is 5.18. The predicted molar refractivity (Wildman–Crippen MR) is 62.9 cm³/mol. The maximum absolute atomic E-state index is 10.0. The van der Waals surface area contributed by atoms with Gasteiger partial charge in [-0.25, -0.2) is 0 Å². The molecule has 1 aromatic carbocycles. The minimum Gasteiger partial charge on any atom is -0.496 e. The van der Waals surface area contributed by atoms with Gasteiger partial charge in [0.25, 0.3) is 0 Å². The van der Waals surface area contributed by atoms with E-state index in [0.717, 1.165) is 11.3 Å². The van der Waals surface area contributed by atoms with Crippen LogP contribution in [0.2, 0.25) is 0 Å². The Morgan fingerprint density at radius 1 is 1.12 bits per heavy atom. The Morgan fingerprint density at radius 2 is 1.69 bits per heavy atom. The fourth-order valence-corrected chi connectivity index (χ4v) is 1.55. The molecule has 90 valence electrons. The van der Waals surface area contributed by atoms with Crippen molar-refractivity contribution in [1.82, 2.24) is 4.90 Å². The molecule has 0 aliphatic carbocycles. The van der Waals surface area contributed by atoms with E-state index in [9.17, 15) is 5.11 Å². The molecule has 0 radical (unpaired) electrons. The number of hydrogen-bond acceptors (Lipinski definition) is 4. The Labute approximate surface area is 96.4 Å². The molecular formula is C12H19NO3. The molecule has 0 fully saturated rings. The van der Waals surface area contributed by atoms with E-state index in [4.69, 9.17) is 9.47 Å². The van der Waals surface area contributed by atoms with Crippen molar-refractivity contribution in [3.8, 4) is 11.5 Å². The molecule has 1 unspecified atom stereocenters. The molecule has 16 heavy (non-hydrogen) atoms. The summed E-state index contributed by atoms with van der Waals surface area (Å²) in [7, 11) is 6.81. The number of aliphatic hydroxyl groups excluding tert-OH is 1. The third-order valence-electron chi connectivity index (χ3n) is 2.51. The second-order valence-electron chi connectivity index (χ2n) is 3.90. The van der Waals surface area contributed by atoms with Crippen LogP contribution in [0.15, 0.2) is 12.1 Å². The van der Waals surface area contributed by atoms with Crippen LogP contribution < -0.4 is 9.47 Å². The third kappa shape index (κ3) is 2.46. The van der Waals surface area contributed by atoms with Crippen LogP contribution in [-0.2, 0) is 0 Å². The molecule has 0 saturated heterocycles. The molecule has 0 aromatic heterocycles. The number of ether oxygens (including phenoxy) is 2. The van der Waals surface area contributed by atoms with Crippen LogP contribution in [0.1, 0.15) is 17.4 Å². The summed E-state index contributed by atoms with van der Waals surface area (Å²) in [6, 6.07) is 3.67. The zero-order valence-electron chi connectivity index (χ0n) is 10.4. The zero-order chi connectivity index (χ0) is 12.3. The highest BCUT2D eigenvalue weighted by molar-refractivity contribution is 5.46. The summed E-state index contributed by atoms with van der Waals surface area (Å²) in [6.45, 7) is 1.94. The van der Waals surface area contributed by atoms with Crippen LogP contribution in [0, 0.1) is 6.92 Å². The van der Waals surface area contributed by atoms with Gasteiger partial charge in [-0.3, -0.25) is 4.90 Å². The number of hydrogen-bond donors (Lipinski definition) is 1. The summed E-state index contributed by atoms with van der Waals surface area (Å²) in [5, 5.41) is 10.0. The van der Waals surface area contributed by atoms with Crippen LogP contribution in [0.3, 0.4) is 0 Å². The lowest BCUT2D eigenvalue weighted by Crippen LogP contribution is -2.20. The van der Waals surface area contributed by atoms with Gasteiger partial charge in [-0.05, 0) is 38.7 Å². The van der Waals surface area contributed by atoms with Gasteiger partial charge in [-0.1, -0.05) is 0 Å². The Morgan fingerprint density at radius 3 is 2.12 bits per heavy atom. The van der Waals surface area contributed by atoms with Crippen LogP contribution in [0.25, 0.3) is 0 Å². The molecule has 0 aliphatic rings. The van der Waals surface area contributed by atoms with Gasteiger partial charge in [0.2, 0.25) is 0 Å². The molecule has 0 amide bonds. The first-order valence-electron chi connectivity index (χ1n) is 5.08. The maximum Gasteiger partial charge on any atom is 0.136 e. The second-order valence-corrected chi connectivity index (χ2v) is 3.90. The largest absolute Gasteiger partial charge is 0.496 e. The van der Waals surface area contributed by atoms with E-state index in [-0.39, 0.29) is 0 Å². The summed E-state index contributed by atoms with van der Waals surface area (Å²) in [4.78, 5) is 1.70. The molecule has 0 saturated carbocycles. The Hall–Kier alpha value is -1.26. The van der Waals surface area contributed by atoms with E-state index in [1.807, 2.05) is 13.0 Å². The number of aliphatic hydroxyl groups is 1. The molecule has 0 spiro atoms. The number of aryl methyl sites for hydroxylation is 1. The molecule has 4 nitrogen and oxygen atoms in total. The predicted octanol–water partition coefficient (Wildman–Crippen LogP) is 1.56. The Kier molecular flexibility index (Phi) is 4.15. The molecule has 0 aliphatic heterocycles. The summed E-state index contributed by atoms with van der Waals surface area (Å²) < 4.78 is 10.5. The van der Waals surface area contributed by atoms with E-state index in [0.29, 0.717) is 11.3 Å². The molecule has 1 rings (SSSR count). The first-order valence-corrected chi connectivity index (χ1v) is 5.08. The lowest BCUT2D eigenvalue weighted by atomic mass is 10.1. The molecular weight excluding hydrogens is 206 g/mol. The topological polar surface area (TPSA) is 41.9 Å². The first kappa shape index (κ1) is 12.8. The Balaban J connectivity index is 3.24. The normalized spacial score (nSPS) is 12.7. The van der Waals surface area contributed by atoms with Crippen molar-refractivity contribution in [3.63, 3.8) is 0 Å². The van der Waals surface area contributed by atoms with Crippen molar-refractivity contribution < 1.29 is 14.6 Å². The number of rotatable bonds is 4. The van der Waals surface area contributed by atoms with Crippen molar-refractivity contribution in [2.45, 2.75) is 13.2 Å². The van der Waals surface area contributed by atoms with Crippen molar-refractivity contribution in [2.75, 3.05) is 28.3 Å². The monoisotopic (exact) mass is 225 g/mol. The zero-order valence-corrected chi connectivity index (χ0v) is 10.4. The van der Waals surface area contributed by atoms with Crippen LogP contribution in [0.5, 0.6) is 11.5 Å². The minimum atomic E-state index is -0.704. The lowest BCUT2D eigenvalue weighted by molar-refractivity contribution is 0.0372. The third-order valence-corrected chi connectivity index (χ3v) is 2.51. The molecule has 1 atom stereocenters. The fourth-order valence-electron chi connectivity index (χ4n) is 1.55. The van der Waals surface area contributed by atoms with Crippen molar-refractivity contribution in [2.24, 2.45) is 0 Å². The van der Waals surface area contributed by atoms with E-state index in [1.54, 1.807) is 39.3 Å². The standard InChI is InChI=1S/C12H19NO3/c1-8-6-11(16-5)9(7-10(8)15-4)12(14)13(2)3/h6-7,12,14H,1-5H3. The van der Waals surface area contributed by atoms with E-state index in [1.165, 1.54) is 0 Å². The van der Waals surface area contributed by atoms with Crippen LogP contribution in [0.4, 0.5) is 0 Å². The van der Waals surface area contributed by atoms with E-state index in [2.05, 4.69) is 0 Å². The highest BCUT2D eigenvalue weighted by Crippen LogP contribution is 2.32. The van der Waals surface area contributed by atoms with Crippen molar-refractivity contribution >= 4 is 0 Å². The number of methoxy groups -OCH3 is 2. The van der Waals surface area contributed by atoms with Gasteiger partial charge in [-0.15, -0.1) is 0 Å². The fraction of sp³-hybridized carbons (Fsp3) is 0.500. The average Bonchev–Trinajstić information content (AvgIpc) is 2.27. The summed E-state index contributed by atoms with van der Waals surface area (Å²) in [5.74, 6) is 1.41. The maximum atomic E-state index is 10.0. The minimum absolute atomic E-state index is 0.666. The average molecular weight is 225 g/mol. The van der Waals surface area contributed by atoms with Crippen molar-refractivity contribution in [3.05, 3.63) is 23.3 Å². The van der Waals surface area contributed by atoms with Gasteiger partial charge in [0.05, 0.1) is 14.2 Å². The summed E-state index contributed by atoms with van der Waals surface area (Å²) in [6.07, 6.45) is -0.704.